The van der Waals surface area contributed by atoms with Gasteiger partial charge in [0, 0.05) is 31.7 Å². The van der Waals surface area contributed by atoms with Gasteiger partial charge in [0.25, 0.3) is 0 Å². The second-order valence-corrected chi connectivity index (χ2v) is 8.35. The van der Waals surface area contributed by atoms with Crippen molar-refractivity contribution in [1.29, 1.82) is 0 Å². The Morgan fingerprint density at radius 2 is 1.88 bits per heavy atom. The van der Waals surface area contributed by atoms with Crippen LogP contribution in [0.1, 0.15) is 71.1 Å². The molecule has 0 spiro atoms. The zero-order valence-electron chi connectivity index (χ0n) is 15.4. The minimum Gasteiger partial charge on any atom is -0.378 e. The number of hydrogen-bond acceptors (Lipinski definition) is 3. The third-order valence-corrected chi connectivity index (χ3v) is 6.67. The molecule has 3 rings (SSSR count). The van der Waals surface area contributed by atoms with Gasteiger partial charge < -0.3 is 15.4 Å². The Labute approximate surface area is 147 Å². The highest BCUT2D eigenvalue weighted by atomic mass is 16.5. The molecule has 2 saturated heterocycles. The van der Waals surface area contributed by atoms with Gasteiger partial charge in [0.15, 0.2) is 0 Å². The zero-order valence-corrected chi connectivity index (χ0v) is 15.4. The molecule has 1 amide bonds. The van der Waals surface area contributed by atoms with Gasteiger partial charge in [-0.05, 0) is 50.4 Å². The van der Waals surface area contributed by atoms with Crippen molar-refractivity contribution < 1.29 is 9.53 Å². The van der Waals surface area contributed by atoms with Crippen molar-refractivity contribution in [2.45, 2.75) is 83.3 Å². The fourth-order valence-corrected chi connectivity index (χ4v) is 5.02. The van der Waals surface area contributed by atoms with Gasteiger partial charge in [-0.25, -0.2) is 0 Å². The summed E-state index contributed by atoms with van der Waals surface area (Å²) in [5.41, 5.74) is 6.10. The molecule has 1 aliphatic carbocycles. The Morgan fingerprint density at radius 3 is 2.50 bits per heavy atom. The normalized spacial score (nSPS) is 31.3. The third-order valence-electron chi connectivity index (χ3n) is 6.67. The Morgan fingerprint density at radius 1 is 1.17 bits per heavy atom. The summed E-state index contributed by atoms with van der Waals surface area (Å²) in [5, 5.41) is 0. The SMILES string of the molecule is CCC(CC1CCCC1)C(=O)N1CCC(C2CC(N)CCO2)CC1. The van der Waals surface area contributed by atoms with Crippen LogP contribution in [0.5, 0.6) is 0 Å². The highest BCUT2D eigenvalue weighted by molar-refractivity contribution is 5.78. The second kappa shape index (κ2) is 8.66. The van der Waals surface area contributed by atoms with Crippen LogP contribution in [-0.2, 0) is 9.53 Å². The Bertz CT molecular complexity index is 400. The molecule has 3 unspecified atom stereocenters. The van der Waals surface area contributed by atoms with E-state index in [4.69, 9.17) is 10.5 Å². The highest BCUT2D eigenvalue weighted by Gasteiger charge is 2.34. The van der Waals surface area contributed by atoms with Gasteiger partial charge in [-0.1, -0.05) is 32.6 Å². The summed E-state index contributed by atoms with van der Waals surface area (Å²) in [6.45, 7) is 4.82. The van der Waals surface area contributed by atoms with Crippen molar-refractivity contribution >= 4 is 5.91 Å². The molecule has 0 aromatic carbocycles. The molecule has 4 nitrogen and oxygen atoms in total. The Hall–Kier alpha value is -0.610. The van der Waals surface area contributed by atoms with E-state index < -0.39 is 0 Å². The molecule has 3 atom stereocenters. The monoisotopic (exact) mass is 336 g/mol. The number of carbonyl (C=O) groups excluding carboxylic acids is 1. The van der Waals surface area contributed by atoms with E-state index in [1.165, 1.54) is 25.7 Å². The summed E-state index contributed by atoms with van der Waals surface area (Å²) >= 11 is 0. The number of ether oxygens (including phenoxy) is 1. The quantitative estimate of drug-likeness (QED) is 0.838. The maximum atomic E-state index is 12.9. The molecular weight excluding hydrogens is 300 g/mol. The predicted octanol–water partition coefficient (Wildman–Crippen LogP) is 3.34. The summed E-state index contributed by atoms with van der Waals surface area (Å²) in [7, 11) is 0. The minimum atomic E-state index is 0.254. The molecule has 2 heterocycles. The molecule has 2 N–H and O–H groups in total. The fraction of sp³-hybridized carbons (Fsp3) is 0.950. The largest absolute Gasteiger partial charge is 0.378 e. The van der Waals surface area contributed by atoms with Crippen LogP contribution in [0.25, 0.3) is 0 Å². The van der Waals surface area contributed by atoms with Crippen LogP contribution in [0.2, 0.25) is 0 Å². The van der Waals surface area contributed by atoms with E-state index in [1.54, 1.807) is 0 Å². The smallest absolute Gasteiger partial charge is 0.225 e. The second-order valence-electron chi connectivity index (χ2n) is 8.35. The number of rotatable bonds is 5. The lowest BCUT2D eigenvalue weighted by Gasteiger charge is -2.39. The van der Waals surface area contributed by atoms with Crippen molar-refractivity contribution in [3.8, 4) is 0 Å². The van der Waals surface area contributed by atoms with Gasteiger partial charge in [-0.15, -0.1) is 0 Å². The predicted molar refractivity (Wildman–Crippen MR) is 96.6 cm³/mol. The van der Waals surface area contributed by atoms with Crippen LogP contribution in [0.15, 0.2) is 0 Å². The lowest BCUT2D eigenvalue weighted by molar-refractivity contribution is -0.139. The Balaban J connectivity index is 1.46. The molecule has 0 radical (unpaired) electrons. The van der Waals surface area contributed by atoms with Gasteiger partial charge in [-0.3, -0.25) is 4.79 Å². The summed E-state index contributed by atoms with van der Waals surface area (Å²) in [5.74, 6) is 2.07. The maximum Gasteiger partial charge on any atom is 0.225 e. The van der Waals surface area contributed by atoms with Gasteiger partial charge in [0.1, 0.15) is 0 Å². The average Bonchev–Trinajstić information content (AvgIpc) is 3.12. The van der Waals surface area contributed by atoms with E-state index in [-0.39, 0.29) is 5.92 Å². The van der Waals surface area contributed by atoms with Crippen LogP contribution in [0.3, 0.4) is 0 Å². The lowest BCUT2D eigenvalue weighted by Crippen LogP contribution is -2.46. The molecule has 3 fully saturated rings. The first-order valence-corrected chi connectivity index (χ1v) is 10.3. The van der Waals surface area contributed by atoms with Gasteiger partial charge in [-0.2, -0.15) is 0 Å². The first-order chi connectivity index (χ1) is 11.7. The number of amides is 1. The first kappa shape index (κ1) is 18.2. The van der Waals surface area contributed by atoms with Crippen molar-refractivity contribution in [2.75, 3.05) is 19.7 Å². The molecule has 4 heteroatoms. The minimum absolute atomic E-state index is 0.254. The van der Waals surface area contributed by atoms with E-state index in [2.05, 4.69) is 11.8 Å². The van der Waals surface area contributed by atoms with E-state index in [9.17, 15) is 4.79 Å². The molecule has 1 saturated carbocycles. The summed E-state index contributed by atoms with van der Waals surface area (Å²) < 4.78 is 5.96. The molecule has 0 aromatic rings. The van der Waals surface area contributed by atoms with E-state index in [0.29, 0.717) is 24.0 Å². The molecular formula is C20H36N2O2. The number of nitrogens with zero attached hydrogens (tertiary/aromatic N) is 1. The highest BCUT2D eigenvalue weighted by Crippen LogP contribution is 2.33. The standard InChI is InChI=1S/C20H36N2O2/c1-2-16(13-15-5-3-4-6-15)20(23)22-10-7-17(8-11-22)19-14-18(21)9-12-24-19/h15-19H,2-14,21H2,1H3. The van der Waals surface area contributed by atoms with E-state index in [1.807, 2.05) is 0 Å². The van der Waals surface area contributed by atoms with Gasteiger partial charge >= 0.3 is 0 Å². The summed E-state index contributed by atoms with van der Waals surface area (Å²) in [6, 6.07) is 0.305. The van der Waals surface area contributed by atoms with Gasteiger partial charge in [0.05, 0.1) is 6.10 Å². The van der Waals surface area contributed by atoms with Crippen LogP contribution in [0, 0.1) is 17.8 Å². The van der Waals surface area contributed by atoms with Crippen molar-refractivity contribution in [2.24, 2.45) is 23.5 Å². The number of carbonyl (C=O) groups is 1. The first-order valence-electron chi connectivity index (χ1n) is 10.3. The fourth-order valence-electron chi connectivity index (χ4n) is 5.02. The van der Waals surface area contributed by atoms with Crippen LogP contribution in [0.4, 0.5) is 0 Å². The Kier molecular flexibility index (Phi) is 6.56. The van der Waals surface area contributed by atoms with Gasteiger partial charge in [0.2, 0.25) is 5.91 Å². The molecule has 3 aliphatic rings. The maximum absolute atomic E-state index is 12.9. The van der Waals surface area contributed by atoms with Crippen molar-refractivity contribution in [1.82, 2.24) is 4.90 Å². The van der Waals surface area contributed by atoms with Crippen molar-refractivity contribution in [3.05, 3.63) is 0 Å². The van der Waals surface area contributed by atoms with Crippen LogP contribution >= 0.6 is 0 Å². The third kappa shape index (κ3) is 4.51. The van der Waals surface area contributed by atoms with Crippen molar-refractivity contribution in [3.63, 3.8) is 0 Å². The molecule has 2 aliphatic heterocycles. The lowest BCUT2D eigenvalue weighted by atomic mass is 9.85. The number of likely N-dealkylation sites (tertiary alicyclic amines) is 1. The molecule has 138 valence electrons. The topological polar surface area (TPSA) is 55.6 Å². The molecule has 0 aromatic heterocycles. The molecule has 24 heavy (non-hydrogen) atoms. The van der Waals surface area contributed by atoms with Crippen LogP contribution < -0.4 is 5.73 Å². The number of nitrogens with two attached hydrogens (primary N) is 1. The zero-order chi connectivity index (χ0) is 16.9. The summed E-state index contributed by atoms with van der Waals surface area (Å²) in [6.07, 6.45) is 12.0. The van der Waals surface area contributed by atoms with E-state index in [0.717, 1.165) is 64.1 Å². The van der Waals surface area contributed by atoms with E-state index >= 15 is 0 Å². The van der Waals surface area contributed by atoms with Crippen LogP contribution in [-0.4, -0.2) is 42.6 Å². The number of piperidine rings is 1. The summed E-state index contributed by atoms with van der Waals surface area (Å²) in [4.78, 5) is 15.1. The number of hydrogen-bond donors (Lipinski definition) is 1. The molecule has 0 bridgehead atoms. The average molecular weight is 337 g/mol.